The molecule has 0 fully saturated rings. The van der Waals surface area contributed by atoms with E-state index in [1.54, 1.807) is 6.92 Å². The molecule has 1 N–H and O–H groups in total. The van der Waals surface area contributed by atoms with Gasteiger partial charge in [0, 0.05) is 6.07 Å². The van der Waals surface area contributed by atoms with Gasteiger partial charge in [-0.2, -0.15) is 0 Å². The molecular formula is C11H13NO5. The van der Waals surface area contributed by atoms with Crippen molar-refractivity contribution in [2.75, 3.05) is 7.11 Å². The Hall–Kier alpha value is -2.11. The van der Waals surface area contributed by atoms with Crippen molar-refractivity contribution in [3.63, 3.8) is 0 Å². The van der Waals surface area contributed by atoms with Gasteiger partial charge in [-0.1, -0.05) is 13.0 Å². The van der Waals surface area contributed by atoms with Crippen LogP contribution < -0.4 is 4.74 Å². The molecule has 1 unspecified atom stereocenters. The number of ether oxygens (including phenoxy) is 1. The fourth-order valence-corrected chi connectivity index (χ4v) is 1.62. The summed E-state index contributed by atoms with van der Waals surface area (Å²) < 4.78 is 4.85. The van der Waals surface area contributed by atoms with Crippen LogP contribution in [0.15, 0.2) is 18.2 Å². The van der Waals surface area contributed by atoms with E-state index in [0.29, 0.717) is 12.0 Å². The molecule has 1 atom stereocenters. The summed E-state index contributed by atoms with van der Waals surface area (Å²) in [4.78, 5) is 21.2. The summed E-state index contributed by atoms with van der Waals surface area (Å²) in [7, 11) is 1.33. The lowest BCUT2D eigenvalue weighted by Gasteiger charge is -2.10. The van der Waals surface area contributed by atoms with Crippen LogP contribution in [-0.2, 0) is 4.79 Å². The molecule has 0 radical (unpaired) electrons. The maximum absolute atomic E-state index is 11.0. The van der Waals surface area contributed by atoms with Gasteiger partial charge in [-0.25, -0.2) is 0 Å². The Bertz CT molecular complexity index is 443. The number of carbonyl (C=O) groups is 1. The Kier molecular flexibility index (Phi) is 4.03. The maximum atomic E-state index is 11.0. The number of nitro groups is 1. The van der Waals surface area contributed by atoms with E-state index in [0.717, 1.165) is 0 Å². The monoisotopic (exact) mass is 239 g/mol. The van der Waals surface area contributed by atoms with Crippen molar-refractivity contribution in [3.8, 4) is 5.75 Å². The number of hydrogen-bond donors (Lipinski definition) is 1. The SMILES string of the molecule is CCC(C(=O)O)c1ccc(OC)c([N+](=O)[O-])c1. The zero-order chi connectivity index (χ0) is 13.0. The Morgan fingerprint density at radius 3 is 2.65 bits per heavy atom. The van der Waals surface area contributed by atoms with Crippen LogP contribution in [0.2, 0.25) is 0 Å². The molecule has 6 nitrogen and oxygen atoms in total. The highest BCUT2D eigenvalue weighted by atomic mass is 16.6. The lowest BCUT2D eigenvalue weighted by Crippen LogP contribution is -2.10. The predicted octanol–water partition coefficient (Wildman–Crippen LogP) is 2.18. The molecule has 6 heteroatoms. The van der Waals surface area contributed by atoms with Crippen LogP contribution in [0, 0.1) is 10.1 Å². The number of carboxylic acid groups (broad SMARTS) is 1. The van der Waals surface area contributed by atoms with Crippen molar-refractivity contribution in [3.05, 3.63) is 33.9 Å². The van der Waals surface area contributed by atoms with Crippen molar-refractivity contribution in [2.24, 2.45) is 0 Å². The van der Waals surface area contributed by atoms with Gasteiger partial charge in [0.25, 0.3) is 0 Å². The van der Waals surface area contributed by atoms with Gasteiger partial charge in [0.05, 0.1) is 18.0 Å². The van der Waals surface area contributed by atoms with Crippen LogP contribution in [0.3, 0.4) is 0 Å². The molecule has 17 heavy (non-hydrogen) atoms. The summed E-state index contributed by atoms with van der Waals surface area (Å²) in [5, 5.41) is 19.8. The summed E-state index contributed by atoms with van der Waals surface area (Å²) in [5.41, 5.74) is 0.192. The van der Waals surface area contributed by atoms with Gasteiger partial charge in [-0.15, -0.1) is 0 Å². The fraction of sp³-hybridized carbons (Fsp3) is 0.364. The first-order valence-corrected chi connectivity index (χ1v) is 5.06. The molecule has 0 saturated carbocycles. The van der Waals surface area contributed by atoms with E-state index in [1.807, 2.05) is 0 Å². The van der Waals surface area contributed by atoms with E-state index >= 15 is 0 Å². The van der Waals surface area contributed by atoms with Gasteiger partial charge in [-0.05, 0) is 18.1 Å². The van der Waals surface area contributed by atoms with Crippen LogP contribution in [0.5, 0.6) is 5.75 Å². The molecule has 0 aliphatic rings. The molecule has 0 spiro atoms. The number of hydrogen-bond acceptors (Lipinski definition) is 4. The molecule has 0 aliphatic carbocycles. The lowest BCUT2D eigenvalue weighted by molar-refractivity contribution is -0.385. The highest BCUT2D eigenvalue weighted by Gasteiger charge is 2.22. The first-order valence-electron chi connectivity index (χ1n) is 5.06. The number of methoxy groups -OCH3 is 1. The van der Waals surface area contributed by atoms with Crippen molar-refractivity contribution in [1.29, 1.82) is 0 Å². The summed E-state index contributed by atoms with van der Waals surface area (Å²) in [6, 6.07) is 4.20. The summed E-state index contributed by atoms with van der Waals surface area (Å²) in [5.74, 6) is -1.61. The minimum Gasteiger partial charge on any atom is -0.490 e. The number of rotatable bonds is 5. The third-order valence-corrected chi connectivity index (χ3v) is 2.51. The largest absolute Gasteiger partial charge is 0.490 e. The van der Waals surface area contributed by atoms with Crippen LogP contribution in [0.25, 0.3) is 0 Å². The van der Waals surface area contributed by atoms with E-state index in [1.165, 1.54) is 25.3 Å². The standard InChI is InChI=1S/C11H13NO5/c1-3-8(11(13)14)7-4-5-10(17-2)9(6-7)12(15)16/h4-6,8H,3H2,1-2H3,(H,13,14). The Morgan fingerprint density at radius 1 is 1.59 bits per heavy atom. The molecular weight excluding hydrogens is 226 g/mol. The first-order chi connectivity index (χ1) is 8.01. The topological polar surface area (TPSA) is 89.7 Å². The smallest absolute Gasteiger partial charge is 0.311 e. The first kappa shape index (κ1) is 13.0. The van der Waals surface area contributed by atoms with Crippen molar-refractivity contribution in [1.82, 2.24) is 0 Å². The number of carboxylic acids is 1. The van der Waals surface area contributed by atoms with Crippen LogP contribution in [0.1, 0.15) is 24.8 Å². The third-order valence-electron chi connectivity index (χ3n) is 2.51. The van der Waals surface area contributed by atoms with E-state index in [4.69, 9.17) is 9.84 Å². The number of nitrogens with zero attached hydrogens (tertiary/aromatic N) is 1. The molecule has 1 aromatic carbocycles. The van der Waals surface area contributed by atoms with E-state index in [9.17, 15) is 14.9 Å². The summed E-state index contributed by atoms with van der Waals surface area (Å²) >= 11 is 0. The molecule has 0 bridgehead atoms. The Balaban J connectivity index is 3.24. The minimum atomic E-state index is -0.994. The van der Waals surface area contributed by atoms with Crippen molar-refractivity contribution in [2.45, 2.75) is 19.3 Å². The lowest BCUT2D eigenvalue weighted by atomic mass is 9.96. The normalized spacial score (nSPS) is 11.9. The van der Waals surface area contributed by atoms with Crippen LogP contribution in [-0.4, -0.2) is 23.1 Å². The molecule has 0 saturated heterocycles. The Labute approximate surface area is 98.0 Å². The predicted molar refractivity (Wildman–Crippen MR) is 60.3 cm³/mol. The molecule has 92 valence electrons. The average molecular weight is 239 g/mol. The molecule has 0 aromatic heterocycles. The van der Waals surface area contributed by atoms with Gasteiger partial charge in [0.1, 0.15) is 0 Å². The molecule has 0 aliphatic heterocycles. The molecule has 0 amide bonds. The fourth-order valence-electron chi connectivity index (χ4n) is 1.62. The second-order valence-electron chi connectivity index (χ2n) is 3.49. The number of benzene rings is 1. The van der Waals surface area contributed by atoms with Crippen molar-refractivity contribution >= 4 is 11.7 Å². The molecule has 1 aromatic rings. The van der Waals surface area contributed by atoms with Gasteiger partial charge in [0.15, 0.2) is 5.75 Å². The minimum absolute atomic E-state index is 0.124. The van der Waals surface area contributed by atoms with Gasteiger partial charge >= 0.3 is 11.7 Å². The summed E-state index contributed by atoms with van der Waals surface area (Å²) in [6.45, 7) is 1.72. The number of aliphatic carboxylic acids is 1. The van der Waals surface area contributed by atoms with Gasteiger partial charge < -0.3 is 9.84 Å². The maximum Gasteiger partial charge on any atom is 0.311 e. The second-order valence-corrected chi connectivity index (χ2v) is 3.49. The van der Waals surface area contributed by atoms with Crippen molar-refractivity contribution < 1.29 is 19.6 Å². The average Bonchev–Trinajstić information content (AvgIpc) is 2.29. The highest BCUT2D eigenvalue weighted by molar-refractivity contribution is 5.76. The zero-order valence-electron chi connectivity index (χ0n) is 9.54. The molecule has 0 heterocycles. The van der Waals surface area contributed by atoms with E-state index in [-0.39, 0.29) is 11.4 Å². The quantitative estimate of drug-likeness (QED) is 0.628. The van der Waals surface area contributed by atoms with Gasteiger partial charge in [-0.3, -0.25) is 14.9 Å². The molecule has 1 rings (SSSR count). The third kappa shape index (κ3) is 2.72. The van der Waals surface area contributed by atoms with Crippen LogP contribution in [0.4, 0.5) is 5.69 Å². The zero-order valence-corrected chi connectivity index (χ0v) is 9.54. The number of nitro benzene ring substituents is 1. The Morgan fingerprint density at radius 2 is 2.24 bits per heavy atom. The van der Waals surface area contributed by atoms with Gasteiger partial charge in [0.2, 0.25) is 0 Å². The van der Waals surface area contributed by atoms with E-state index in [2.05, 4.69) is 0 Å². The second kappa shape index (κ2) is 5.29. The van der Waals surface area contributed by atoms with Crippen LogP contribution >= 0.6 is 0 Å². The highest BCUT2D eigenvalue weighted by Crippen LogP contribution is 2.31. The van der Waals surface area contributed by atoms with E-state index < -0.39 is 16.8 Å². The summed E-state index contributed by atoms with van der Waals surface area (Å²) in [6.07, 6.45) is 0.374.